The van der Waals surface area contributed by atoms with Gasteiger partial charge >= 0.3 is 0 Å². The Morgan fingerprint density at radius 1 is 1.33 bits per heavy atom. The number of carbonyl (C=O) groups is 3. The number of ether oxygens (including phenoxy) is 1. The van der Waals surface area contributed by atoms with E-state index >= 15 is 0 Å². The van der Waals surface area contributed by atoms with E-state index in [2.05, 4.69) is 10.3 Å². The predicted octanol–water partition coefficient (Wildman–Crippen LogP) is 2.57. The summed E-state index contributed by atoms with van der Waals surface area (Å²) in [6.45, 7) is 1.76. The smallest absolute Gasteiger partial charge is 0.293 e. The SMILES string of the molecule is CC(Oc1ccc(C#N)cc1)C(=O)NCCN1C(=O)S/C(=C\c2cccnc2)C1=O. The van der Waals surface area contributed by atoms with E-state index in [1.807, 2.05) is 6.07 Å². The highest BCUT2D eigenvalue weighted by atomic mass is 32.2. The lowest BCUT2D eigenvalue weighted by molar-refractivity contribution is -0.128. The number of thioether (sulfide) groups is 1. The Balaban J connectivity index is 1.49. The molecule has 1 fully saturated rings. The third-order valence-corrected chi connectivity index (χ3v) is 5.06. The predicted molar refractivity (Wildman–Crippen MR) is 111 cm³/mol. The Hall–Kier alpha value is -3.64. The summed E-state index contributed by atoms with van der Waals surface area (Å²) in [5.74, 6) is -0.314. The van der Waals surface area contributed by atoms with Gasteiger partial charge in [0.1, 0.15) is 5.75 Å². The molecule has 1 N–H and O–H groups in total. The fourth-order valence-corrected chi connectivity index (χ4v) is 3.47. The van der Waals surface area contributed by atoms with E-state index in [9.17, 15) is 14.4 Å². The van der Waals surface area contributed by atoms with Crippen LogP contribution in [0.1, 0.15) is 18.1 Å². The lowest BCUT2D eigenvalue weighted by Crippen LogP contribution is -2.41. The number of imide groups is 1. The number of carbonyl (C=O) groups excluding carboxylic acids is 3. The van der Waals surface area contributed by atoms with E-state index in [1.165, 1.54) is 0 Å². The average molecular weight is 422 g/mol. The van der Waals surface area contributed by atoms with Crippen LogP contribution in [0.25, 0.3) is 6.08 Å². The molecule has 30 heavy (non-hydrogen) atoms. The number of amides is 3. The maximum atomic E-state index is 12.5. The number of rotatable bonds is 7. The van der Waals surface area contributed by atoms with Gasteiger partial charge in [0.05, 0.1) is 16.5 Å². The van der Waals surface area contributed by atoms with Crippen molar-refractivity contribution in [3.05, 3.63) is 64.8 Å². The van der Waals surface area contributed by atoms with Crippen LogP contribution in [0.5, 0.6) is 5.75 Å². The van der Waals surface area contributed by atoms with Crippen LogP contribution in [-0.2, 0) is 9.59 Å². The van der Waals surface area contributed by atoms with Gasteiger partial charge < -0.3 is 10.1 Å². The molecular weight excluding hydrogens is 404 g/mol. The number of nitrogens with one attached hydrogen (secondary N) is 1. The topological polar surface area (TPSA) is 112 Å². The fraction of sp³-hybridized carbons (Fsp3) is 0.190. The Morgan fingerprint density at radius 3 is 2.77 bits per heavy atom. The molecule has 1 aliphatic heterocycles. The van der Waals surface area contributed by atoms with E-state index < -0.39 is 12.0 Å². The summed E-state index contributed by atoms with van der Waals surface area (Å²) in [6.07, 6.45) is 4.06. The van der Waals surface area contributed by atoms with Crippen LogP contribution in [0.4, 0.5) is 4.79 Å². The molecule has 8 nitrogen and oxygen atoms in total. The highest BCUT2D eigenvalue weighted by Crippen LogP contribution is 2.31. The van der Waals surface area contributed by atoms with Crippen molar-refractivity contribution in [2.45, 2.75) is 13.0 Å². The van der Waals surface area contributed by atoms with Crippen molar-refractivity contribution in [3.8, 4) is 11.8 Å². The molecule has 0 aliphatic carbocycles. The van der Waals surface area contributed by atoms with Gasteiger partial charge in [-0.3, -0.25) is 24.3 Å². The van der Waals surface area contributed by atoms with E-state index in [0.29, 0.717) is 16.2 Å². The monoisotopic (exact) mass is 422 g/mol. The third-order valence-electron chi connectivity index (χ3n) is 4.16. The van der Waals surface area contributed by atoms with Gasteiger partial charge in [0.2, 0.25) is 0 Å². The van der Waals surface area contributed by atoms with Crippen molar-refractivity contribution in [3.63, 3.8) is 0 Å². The summed E-state index contributed by atoms with van der Waals surface area (Å²) >= 11 is 0.857. The largest absolute Gasteiger partial charge is 0.481 e. The van der Waals surface area contributed by atoms with Crippen LogP contribution < -0.4 is 10.1 Å². The minimum absolute atomic E-state index is 0.0599. The zero-order valence-electron chi connectivity index (χ0n) is 16.1. The standard InChI is InChI=1S/C21H18N4O4S/c1-14(29-17-6-4-15(12-22)5-7-17)19(26)24-9-10-25-20(27)18(30-21(25)28)11-16-3-2-8-23-13-16/h2-8,11,13-14H,9-10H2,1H3,(H,24,26)/b18-11-. The van der Waals surface area contributed by atoms with E-state index in [0.717, 1.165) is 22.2 Å². The van der Waals surface area contributed by atoms with E-state index in [4.69, 9.17) is 10.00 Å². The number of aromatic nitrogens is 1. The van der Waals surface area contributed by atoms with Crippen molar-refractivity contribution in [2.24, 2.45) is 0 Å². The third kappa shape index (κ3) is 5.24. The second-order valence-corrected chi connectivity index (χ2v) is 7.30. The van der Waals surface area contributed by atoms with Crippen molar-refractivity contribution >= 4 is 34.9 Å². The first kappa shape index (κ1) is 21.1. The first-order valence-electron chi connectivity index (χ1n) is 9.08. The van der Waals surface area contributed by atoms with E-state index in [-0.39, 0.29) is 24.2 Å². The number of nitrogens with zero attached hydrogens (tertiary/aromatic N) is 3. The van der Waals surface area contributed by atoms with Gasteiger partial charge in [-0.2, -0.15) is 5.26 Å². The molecule has 1 atom stereocenters. The van der Waals surface area contributed by atoms with Crippen molar-refractivity contribution in [1.29, 1.82) is 5.26 Å². The summed E-state index contributed by atoms with van der Waals surface area (Å²) in [7, 11) is 0. The first-order valence-corrected chi connectivity index (χ1v) is 9.89. The van der Waals surface area contributed by atoms with Gasteiger partial charge in [-0.15, -0.1) is 0 Å². The molecule has 9 heteroatoms. The summed E-state index contributed by atoms with van der Waals surface area (Å²) in [6, 6.07) is 11.9. The molecule has 2 aromatic rings. The van der Waals surface area contributed by atoms with Crippen molar-refractivity contribution in [1.82, 2.24) is 15.2 Å². The van der Waals surface area contributed by atoms with Crippen LogP contribution in [0.15, 0.2) is 53.7 Å². The van der Waals surface area contributed by atoms with Crippen molar-refractivity contribution < 1.29 is 19.1 Å². The molecule has 1 aromatic carbocycles. The lowest BCUT2D eigenvalue weighted by Gasteiger charge is -2.16. The van der Waals surface area contributed by atoms with Crippen LogP contribution in [0, 0.1) is 11.3 Å². The molecule has 3 amide bonds. The van der Waals surface area contributed by atoms with Gasteiger partial charge in [0.25, 0.3) is 17.1 Å². The summed E-state index contributed by atoms with van der Waals surface area (Å²) in [5.41, 5.74) is 1.22. The van der Waals surface area contributed by atoms with Crippen LogP contribution in [0.2, 0.25) is 0 Å². The molecule has 2 heterocycles. The lowest BCUT2D eigenvalue weighted by atomic mass is 10.2. The maximum absolute atomic E-state index is 12.5. The average Bonchev–Trinajstić information content (AvgIpc) is 3.02. The number of hydrogen-bond donors (Lipinski definition) is 1. The van der Waals surface area contributed by atoms with E-state index in [1.54, 1.807) is 61.8 Å². The molecule has 152 valence electrons. The minimum Gasteiger partial charge on any atom is -0.481 e. The molecule has 0 spiro atoms. The molecule has 1 aromatic heterocycles. The normalized spacial score (nSPS) is 15.7. The second-order valence-electron chi connectivity index (χ2n) is 6.31. The molecule has 0 radical (unpaired) electrons. The first-order chi connectivity index (χ1) is 14.5. The molecule has 3 rings (SSSR count). The summed E-state index contributed by atoms with van der Waals surface area (Å²) in [5, 5.41) is 11.1. The van der Waals surface area contributed by atoms with Crippen LogP contribution in [-0.4, -0.2) is 46.1 Å². The zero-order valence-corrected chi connectivity index (χ0v) is 16.9. The number of benzene rings is 1. The van der Waals surface area contributed by atoms with Gasteiger partial charge in [0, 0.05) is 25.5 Å². The van der Waals surface area contributed by atoms with Crippen molar-refractivity contribution in [2.75, 3.05) is 13.1 Å². The maximum Gasteiger partial charge on any atom is 0.293 e. The molecular formula is C21H18N4O4S. The summed E-state index contributed by atoms with van der Waals surface area (Å²) < 4.78 is 5.54. The second kappa shape index (κ2) is 9.71. The number of pyridine rings is 1. The summed E-state index contributed by atoms with van der Waals surface area (Å²) in [4.78, 5) is 42.2. The van der Waals surface area contributed by atoms with Crippen LogP contribution in [0.3, 0.4) is 0 Å². The fourth-order valence-electron chi connectivity index (χ4n) is 2.61. The number of hydrogen-bond acceptors (Lipinski definition) is 7. The molecule has 1 aliphatic rings. The highest BCUT2D eigenvalue weighted by Gasteiger charge is 2.34. The Bertz CT molecular complexity index is 1020. The zero-order chi connectivity index (χ0) is 21.5. The van der Waals surface area contributed by atoms with Gasteiger partial charge in [-0.05, 0) is 60.7 Å². The Morgan fingerprint density at radius 2 is 2.10 bits per heavy atom. The van der Waals surface area contributed by atoms with Gasteiger partial charge in [-0.25, -0.2) is 0 Å². The molecule has 1 saturated heterocycles. The van der Waals surface area contributed by atoms with Gasteiger partial charge in [0.15, 0.2) is 6.10 Å². The Kier molecular flexibility index (Phi) is 6.83. The molecule has 1 unspecified atom stereocenters. The van der Waals surface area contributed by atoms with Crippen LogP contribution >= 0.6 is 11.8 Å². The highest BCUT2D eigenvalue weighted by molar-refractivity contribution is 8.18. The quantitative estimate of drug-likeness (QED) is 0.683. The van der Waals surface area contributed by atoms with Gasteiger partial charge in [-0.1, -0.05) is 6.07 Å². The molecule has 0 saturated carbocycles. The molecule has 0 bridgehead atoms. The Labute approximate surface area is 177 Å². The minimum atomic E-state index is -0.779. The number of nitriles is 1.